The molecule has 3 nitrogen and oxygen atoms in total. The van der Waals surface area contributed by atoms with E-state index in [-0.39, 0.29) is 11.1 Å². The first-order chi connectivity index (χ1) is 11.6. The van der Waals surface area contributed by atoms with Gasteiger partial charge in [0.25, 0.3) is 0 Å². The van der Waals surface area contributed by atoms with Crippen molar-refractivity contribution in [3.05, 3.63) is 40.0 Å². The SMILES string of the molecule is CN1C(Sc2cccc(Cl)c2)=C(CCl)NC1(CO[Si](C)C)C(C)(C)C. The van der Waals surface area contributed by atoms with Crippen LogP contribution in [0.3, 0.4) is 0 Å². The topological polar surface area (TPSA) is 24.5 Å². The maximum atomic E-state index is 6.28. The van der Waals surface area contributed by atoms with E-state index < -0.39 is 9.04 Å². The molecule has 1 atom stereocenters. The van der Waals surface area contributed by atoms with Gasteiger partial charge in [-0.15, -0.1) is 11.6 Å². The zero-order valence-corrected chi connectivity index (χ0v) is 19.1. The van der Waals surface area contributed by atoms with Gasteiger partial charge in [0.2, 0.25) is 9.04 Å². The van der Waals surface area contributed by atoms with Crippen molar-refractivity contribution in [1.29, 1.82) is 0 Å². The third kappa shape index (κ3) is 4.50. The standard InChI is InChI=1S/C18H27Cl2N2OSSi/c1-17(2,3)18(12-23-25(5)6)21-15(11-19)16(22(18)4)24-14-9-7-8-13(20)10-14/h7-10,21H,11-12H2,1-6H3. The van der Waals surface area contributed by atoms with Crippen LogP contribution in [0.15, 0.2) is 39.9 Å². The minimum Gasteiger partial charge on any atom is -0.413 e. The van der Waals surface area contributed by atoms with E-state index in [9.17, 15) is 0 Å². The molecule has 25 heavy (non-hydrogen) atoms. The van der Waals surface area contributed by atoms with Gasteiger partial charge in [-0.05, 0) is 31.3 Å². The normalized spacial score (nSPS) is 21.2. The second-order valence-corrected chi connectivity index (χ2v) is 11.3. The van der Waals surface area contributed by atoms with Crippen molar-refractivity contribution in [1.82, 2.24) is 10.2 Å². The number of alkyl halides is 1. The van der Waals surface area contributed by atoms with Crippen molar-refractivity contribution >= 4 is 44.0 Å². The molecule has 0 saturated carbocycles. The quantitative estimate of drug-likeness (QED) is 0.495. The largest absolute Gasteiger partial charge is 0.413 e. The lowest BCUT2D eigenvalue weighted by Crippen LogP contribution is -2.63. The van der Waals surface area contributed by atoms with Crippen LogP contribution in [0, 0.1) is 5.41 Å². The van der Waals surface area contributed by atoms with Crippen LogP contribution in [0.4, 0.5) is 0 Å². The first-order valence-electron chi connectivity index (χ1n) is 8.28. The molecule has 0 aromatic heterocycles. The number of allylic oxidation sites excluding steroid dienone is 1. The van der Waals surface area contributed by atoms with Crippen molar-refractivity contribution in [2.24, 2.45) is 5.41 Å². The lowest BCUT2D eigenvalue weighted by atomic mass is 9.80. The highest BCUT2D eigenvalue weighted by Crippen LogP contribution is 2.46. The summed E-state index contributed by atoms with van der Waals surface area (Å²) in [4.78, 5) is 3.39. The molecule has 1 aromatic carbocycles. The summed E-state index contributed by atoms with van der Waals surface area (Å²) in [6.07, 6.45) is 0. The molecule has 0 spiro atoms. The molecule has 1 aromatic rings. The van der Waals surface area contributed by atoms with E-state index >= 15 is 0 Å². The molecular formula is C18H27Cl2N2OSSi. The zero-order valence-electron chi connectivity index (χ0n) is 15.7. The van der Waals surface area contributed by atoms with Crippen molar-refractivity contribution in [2.75, 3.05) is 19.5 Å². The summed E-state index contributed by atoms with van der Waals surface area (Å²) in [7, 11) is 1.33. The predicted molar refractivity (Wildman–Crippen MR) is 112 cm³/mol. The number of likely N-dealkylation sites (N-methyl/N-ethyl adjacent to an activating group) is 1. The fourth-order valence-electron chi connectivity index (χ4n) is 2.91. The van der Waals surface area contributed by atoms with Crippen LogP contribution >= 0.6 is 35.0 Å². The van der Waals surface area contributed by atoms with Crippen LogP contribution in [0.5, 0.6) is 0 Å². The average Bonchev–Trinajstić information content (AvgIpc) is 2.78. The van der Waals surface area contributed by atoms with Crippen molar-refractivity contribution < 1.29 is 4.43 Å². The summed E-state index contributed by atoms with van der Waals surface area (Å²) in [5.41, 5.74) is 0.654. The van der Waals surface area contributed by atoms with Gasteiger partial charge in [0.15, 0.2) is 0 Å². The van der Waals surface area contributed by atoms with E-state index in [1.807, 2.05) is 18.2 Å². The average molecular weight is 418 g/mol. The highest BCUT2D eigenvalue weighted by Gasteiger charge is 2.51. The first-order valence-corrected chi connectivity index (χ1v) is 12.4. The molecule has 1 N–H and O–H groups in total. The molecular weight excluding hydrogens is 391 g/mol. The van der Waals surface area contributed by atoms with E-state index in [4.69, 9.17) is 27.6 Å². The number of halogens is 2. The van der Waals surface area contributed by atoms with Gasteiger partial charge in [-0.2, -0.15) is 0 Å². The number of nitrogens with one attached hydrogen (secondary N) is 1. The molecule has 0 fully saturated rings. The van der Waals surface area contributed by atoms with Gasteiger partial charge in [0.05, 0.1) is 23.2 Å². The molecule has 7 heteroatoms. The number of nitrogens with zero attached hydrogens (tertiary/aromatic N) is 1. The van der Waals surface area contributed by atoms with Gasteiger partial charge < -0.3 is 14.6 Å². The van der Waals surface area contributed by atoms with Crippen molar-refractivity contribution in [3.63, 3.8) is 0 Å². The summed E-state index contributed by atoms with van der Waals surface area (Å²) in [5, 5.41) is 5.55. The molecule has 0 amide bonds. The van der Waals surface area contributed by atoms with Crippen molar-refractivity contribution in [3.8, 4) is 0 Å². The lowest BCUT2D eigenvalue weighted by molar-refractivity contribution is -0.00764. The maximum absolute atomic E-state index is 6.28. The van der Waals surface area contributed by atoms with Gasteiger partial charge in [-0.25, -0.2) is 0 Å². The van der Waals surface area contributed by atoms with Crippen LogP contribution in [0.2, 0.25) is 18.1 Å². The summed E-state index contributed by atoms with van der Waals surface area (Å²) < 4.78 is 6.13. The third-order valence-corrected chi connectivity index (χ3v) is 6.88. The summed E-state index contributed by atoms with van der Waals surface area (Å²) in [6.45, 7) is 11.6. The molecule has 2 rings (SSSR count). The lowest BCUT2D eigenvalue weighted by Gasteiger charge is -2.48. The number of hydrogen-bond donors (Lipinski definition) is 1. The van der Waals surface area contributed by atoms with Gasteiger partial charge in [0, 0.05) is 22.4 Å². The predicted octanol–water partition coefficient (Wildman–Crippen LogP) is 5.39. The molecule has 139 valence electrons. The Balaban J connectivity index is 2.36. The second-order valence-electron chi connectivity index (χ2n) is 7.47. The molecule has 1 unspecified atom stereocenters. The van der Waals surface area contributed by atoms with Gasteiger partial charge in [-0.1, -0.05) is 50.2 Å². The smallest absolute Gasteiger partial charge is 0.205 e. The highest BCUT2D eigenvalue weighted by atomic mass is 35.5. The summed E-state index contributed by atoms with van der Waals surface area (Å²) in [6, 6.07) is 7.90. The second kappa shape index (κ2) is 8.13. The highest BCUT2D eigenvalue weighted by molar-refractivity contribution is 8.03. The Hall–Kier alpha value is -0.333. The van der Waals surface area contributed by atoms with Gasteiger partial charge in [-0.3, -0.25) is 0 Å². The van der Waals surface area contributed by atoms with Gasteiger partial charge >= 0.3 is 0 Å². The van der Waals surface area contributed by atoms with Crippen LogP contribution in [-0.2, 0) is 4.43 Å². The van der Waals surface area contributed by atoms with E-state index in [1.165, 1.54) is 0 Å². The molecule has 1 aliphatic rings. The Labute approximate surface area is 167 Å². The third-order valence-electron chi connectivity index (χ3n) is 4.45. The minimum absolute atomic E-state index is 0.0486. The Morgan fingerprint density at radius 2 is 2.00 bits per heavy atom. The number of benzene rings is 1. The van der Waals surface area contributed by atoms with Crippen molar-refractivity contribution in [2.45, 2.75) is 44.4 Å². The number of thioether (sulfide) groups is 1. The van der Waals surface area contributed by atoms with Crippen LogP contribution in [-0.4, -0.2) is 39.1 Å². The number of rotatable bonds is 6. The maximum Gasteiger partial charge on any atom is 0.205 e. The molecule has 0 aliphatic carbocycles. The number of hydrogen-bond acceptors (Lipinski definition) is 4. The molecule has 1 aliphatic heterocycles. The molecule has 0 saturated heterocycles. The fraction of sp³-hybridized carbons (Fsp3) is 0.556. The van der Waals surface area contributed by atoms with Crippen LogP contribution < -0.4 is 5.32 Å². The Morgan fingerprint density at radius 1 is 1.32 bits per heavy atom. The van der Waals surface area contributed by atoms with E-state index in [2.05, 4.69) is 57.2 Å². The van der Waals surface area contributed by atoms with E-state index in [1.54, 1.807) is 11.8 Å². The fourth-order valence-corrected chi connectivity index (χ4v) is 5.03. The van der Waals surface area contributed by atoms with E-state index in [0.29, 0.717) is 12.5 Å². The monoisotopic (exact) mass is 417 g/mol. The summed E-state index contributed by atoms with van der Waals surface area (Å²) >= 11 is 14.1. The molecule has 0 bridgehead atoms. The minimum atomic E-state index is -0.789. The Kier molecular flexibility index (Phi) is 6.82. The van der Waals surface area contributed by atoms with E-state index in [0.717, 1.165) is 20.6 Å². The Bertz CT molecular complexity index is 648. The summed E-state index contributed by atoms with van der Waals surface area (Å²) in [5.74, 6) is 0.432. The zero-order chi connectivity index (χ0) is 18.8. The molecule has 1 heterocycles. The Morgan fingerprint density at radius 3 is 2.52 bits per heavy atom. The van der Waals surface area contributed by atoms with Gasteiger partial charge in [0.1, 0.15) is 5.66 Å². The first kappa shape index (κ1) is 21.0. The molecule has 1 radical (unpaired) electrons. The van der Waals surface area contributed by atoms with Crippen LogP contribution in [0.25, 0.3) is 0 Å². The van der Waals surface area contributed by atoms with Crippen LogP contribution in [0.1, 0.15) is 20.8 Å².